The van der Waals surface area contributed by atoms with Crippen LogP contribution in [0.2, 0.25) is 0 Å². The monoisotopic (exact) mass is 840 g/mol. The van der Waals surface area contributed by atoms with E-state index in [-0.39, 0.29) is 42.9 Å². The number of carbonyl (C=O) groups excluding carboxylic acids is 1. The van der Waals surface area contributed by atoms with Gasteiger partial charge in [0.15, 0.2) is 0 Å². The number of fused-ring (bicyclic) bond motifs is 6. The lowest BCUT2D eigenvalue weighted by Crippen LogP contribution is -2.43. The highest BCUT2D eigenvalue weighted by Crippen LogP contribution is 2.46. The third-order valence-corrected chi connectivity index (χ3v) is 13.8. The highest BCUT2D eigenvalue weighted by molar-refractivity contribution is 7.90. The van der Waals surface area contributed by atoms with E-state index in [1.54, 1.807) is 6.92 Å². The van der Waals surface area contributed by atoms with Crippen LogP contribution in [-0.4, -0.2) is 68.3 Å². The van der Waals surface area contributed by atoms with Crippen molar-refractivity contribution in [3.05, 3.63) is 153 Å². The third-order valence-electron chi connectivity index (χ3n) is 12.3. The number of rotatable bonds is 11. The van der Waals surface area contributed by atoms with Crippen LogP contribution in [0.25, 0.3) is 11.1 Å². The highest BCUT2D eigenvalue weighted by atomic mass is 32.2. The Morgan fingerprint density at radius 3 is 1.97 bits per heavy atom. The lowest BCUT2D eigenvalue weighted by Gasteiger charge is -2.25. The van der Waals surface area contributed by atoms with Crippen LogP contribution in [0.3, 0.4) is 0 Å². The number of nitrogens with one attached hydrogen (secondary N) is 2. The van der Waals surface area contributed by atoms with Crippen molar-refractivity contribution in [2.24, 2.45) is 4.40 Å². The molecular formula is C49H52N4O7S. The number of carboxylic acid groups (broad SMARTS) is 1. The number of benzene rings is 5. The highest BCUT2D eigenvalue weighted by Gasteiger charge is 2.37. The van der Waals surface area contributed by atoms with Crippen molar-refractivity contribution in [3.8, 4) is 16.9 Å². The van der Waals surface area contributed by atoms with Gasteiger partial charge in [0, 0.05) is 31.0 Å². The first kappa shape index (κ1) is 41.6. The van der Waals surface area contributed by atoms with E-state index in [0.717, 1.165) is 74.2 Å². The Balaban J connectivity index is 1.06. The maximum atomic E-state index is 14.6. The van der Waals surface area contributed by atoms with Gasteiger partial charge in [0.05, 0.1) is 10.9 Å². The molecule has 11 nitrogen and oxygen atoms in total. The fourth-order valence-electron chi connectivity index (χ4n) is 9.28. The van der Waals surface area contributed by atoms with Crippen molar-refractivity contribution in [1.82, 2.24) is 15.5 Å². The molecule has 0 atom stereocenters. The van der Waals surface area contributed by atoms with Crippen LogP contribution in [0.4, 0.5) is 4.79 Å². The van der Waals surface area contributed by atoms with Crippen LogP contribution in [0, 0.1) is 20.8 Å². The number of guanidine groups is 1. The molecule has 61 heavy (non-hydrogen) atoms. The van der Waals surface area contributed by atoms with Gasteiger partial charge in [-0.15, -0.1) is 4.40 Å². The summed E-state index contributed by atoms with van der Waals surface area (Å²) in [5, 5.41) is 16.6. The maximum absolute atomic E-state index is 14.6. The summed E-state index contributed by atoms with van der Waals surface area (Å²) in [6.07, 6.45) is 1.74. The molecule has 0 bridgehead atoms. The minimum Gasteiger partial charge on any atom is -0.487 e. The van der Waals surface area contributed by atoms with Crippen molar-refractivity contribution in [2.75, 3.05) is 26.2 Å². The summed E-state index contributed by atoms with van der Waals surface area (Å²) in [7, 11) is -4.31. The molecule has 316 valence electrons. The summed E-state index contributed by atoms with van der Waals surface area (Å²) in [5.41, 5.74) is 11.0. The van der Waals surface area contributed by atoms with Crippen LogP contribution >= 0.6 is 0 Å². The van der Waals surface area contributed by atoms with Crippen molar-refractivity contribution < 1.29 is 32.6 Å². The fraction of sp³-hybridized carbons (Fsp3) is 0.327. The number of amides is 1. The van der Waals surface area contributed by atoms with E-state index in [9.17, 15) is 23.1 Å². The molecule has 0 radical (unpaired) electrons. The molecule has 2 aliphatic carbocycles. The number of ether oxygens (including phenoxy) is 2. The zero-order valence-corrected chi connectivity index (χ0v) is 36.1. The van der Waals surface area contributed by atoms with Crippen molar-refractivity contribution in [2.45, 2.75) is 82.8 Å². The number of sulfonamides is 1. The van der Waals surface area contributed by atoms with Crippen molar-refractivity contribution in [1.29, 1.82) is 0 Å². The van der Waals surface area contributed by atoms with Gasteiger partial charge in [-0.25, -0.2) is 4.79 Å². The summed E-state index contributed by atoms with van der Waals surface area (Å²) in [5.74, 6) is -0.591. The number of carbonyl (C=O) groups is 2. The largest absolute Gasteiger partial charge is 0.487 e. The van der Waals surface area contributed by atoms with Crippen LogP contribution < -0.4 is 15.4 Å². The summed E-state index contributed by atoms with van der Waals surface area (Å²) in [4.78, 5) is 26.9. The third kappa shape index (κ3) is 8.33. The predicted molar refractivity (Wildman–Crippen MR) is 236 cm³/mol. The van der Waals surface area contributed by atoms with Gasteiger partial charge in [-0.3, -0.25) is 9.69 Å². The Labute approximate surface area is 357 Å². The van der Waals surface area contributed by atoms with Gasteiger partial charge in [-0.05, 0) is 115 Å². The van der Waals surface area contributed by atoms with Crippen LogP contribution in [-0.2, 0) is 38.8 Å². The van der Waals surface area contributed by atoms with Crippen molar-refractivity contribution in [3.63, 3.8) is 0 Å². The maximum Gasteiger partial charge on any atom is 0.410 e. The zero-order valence-electron chi connectivity index (χ0n) is 35.2. The molecule has 3 aliphatic rings. The van der Waals surface area contributed by atoms with Gasteiger partial charge >= 0.3 is 12.1 Å². The van der Waals surface area contributed by atoms with Gasteiger partial charge in [0.1, 0.15) is 24.5 Å². The molecule has 1 heterocycles. The molecule has 12 heteroatoms. The Hall–Kier alpha value is -6.14. The van der Waals surface area contributed by atoms with Gasteiger partial charge in [-0.2, -0.15) is 8.42 Å². The minimum absolute atomic E-state index is 0.0309. The molecule has 0 saturated heterocycles. The van der Waals surface area contributed by atoms with E-state index in [2.05, 4.69) is 51.4 Å². The predicted octanol–water partition coefficient (Wildman–Crippen LogP) is 8.16. The Kier molecular flexibility index (Phi) is 11.4. The molecule has 5 aromatic rings. The van der Waals surface area contributed by atoms with Crippen molar-refractivity contribution >= 4 is 28.0 Å². The molecule has 0 spiro atoms. The number of carboxylic acids is 1. The molecular weight excluding hydrogens is 789 g/mol. The van der Waals surface area contributed by atoms with E-state index >= 15 is 0 Å². The van der Waals surface area contributed by atoms with Gasteiger partial charge < -0.3 is 25.2 Å². The first-order chi connectivity index (χ1) is 29.2. The quantitative estimate of drug-likeness (QED) is 0.0681. The average molecular weight is 841 g/mol. The number of hydrogen-bond acceptors (Lipinski definition) is 6. The average Bonchev–Trinajstić information content (AvgIpc) is 3.69. The summed E-state index contributed by atoms with van der Waals surface area (Å²) < 4.78 is 45.9. The Bertz CT molecular complexity index is 2580. The van der Waals surface area contributed by atoms with Crippen LogP contribution in [0.15, 0.2) is 106 Å². The molecule has 0 aromatic heterocycles. The second-order valence-corrected chi connectivity index (χ2v) is 18.4. The number of hydrogen-bond donors (Lipinski definition) is 3. The summed E-state index contributed by atoms with van der Waals surface area (Å²) >= 11 is 0. The number of aliphatic carboxylic acids is 1. The number of nitrogens with zero attached hydrogens (tertiary/aromatic N) is 2. The normalized spacial score (nSPS) is 15.3. The Morgan fingerprint density at radius 2 is 1.38 bits per heavy atom. The van der Waals surface area contributed by atoms with Gasteiger partial charge in [0.25, 0.3) is 10.0 Å². The lowest BCUT2D eigenvalue weighted by atomic mass is 9.94. The minimum atomic E-state index is -4.31. The zero-order chi connectivity index (χ0) is 43.1. The standard InChI is InChI=1S/C49H52N4O7S/c1-30-31(2)46(32(3)41-27-49(4,5)60-45(30)41)61(57,58)52-47(51-44-35-17-8-6-15-33(35)23-24-34-16-7-9-18-36(34)44)50-25-14-26-53(28-43(54)55)48(56)59-29-42-39-21-12-10-19-37(39)38-20-11-13-22-40(38)42/h6-13,15-22,42,44H,14,23-29H2,1-5H3,(H,54,55)(H2,50,51,52). The topological polar surface area (TPSA) is 147 Å². The number of aryl methyl sites for hydroxylation is 2. The van der Waals surface area contributed by atoms with Crippen LogP contribution in [0.5, 0.6) is 5.75 Å². The van der Waals surface area contributed by atoms with E-state index in [4.69, 9.17) is 9.47 Å². The van der Waals surface area contributed by atoms with Gasteiger partial charge in [-0.1, -0.05) is 97.1 Å². The SMILES string of the molecule is Cc1c(C)c(S(=O)(=O)/N=C(/NCCCN(CC(=O)O)C(=O)OCC2c3ccccc3-c3ccccc32)NC2c3ccccc3CCc3ccccc32)c(C)c2c1OC(C)(C)C2. The molecule has 5 aromatic carbocycles. The summed E-state index contributed by atoms with van der Waals surface area (Å²) in [6.45, 7) is 9.16. The Morgan fingerprint density at radius 1 is 0.820 bits per heavy atom. The molecule has 1 amide bonds. The van der Waals surface area contributed by atoms with E-state index in [1.165, 1.54) is 4.90 Å². The molecule has 1 aliphatic heterocycles. The molecule has 3 N–H and O–H groups in total. The molecule has 0 saturated carbocycles. The second-order valence-electron chi connectivity index (χ2n) is 16.8. The smallest absolute Gasteiger partial charge is 0.410 e. The van der Waals surface area contributed by atoms with Crippen LogP contribution in [0.1, 0.15) is 87.9 Å². The first-order valence-corrected chi connectivity index (χ1v) is 22.3. The molecule has 8 rings (SSSR count). The first-order valence-electron chi connectivity index (χ1n) is 20.9. The second kappa shape index (κ2) is 16.7. The van der Waals surface area contributed by atoms with Gasteiger partial charge in [0.2, 0.25) is 5.96 Å². The lowest BCUT2D eigenvalue weighted by molar-refractivity contribution is -0.138. The van der Waals surface area contributed by atoms with E-state index < -0.39 is 40.3 Å². The van der Waals surface area contributed by atoms with E-state index in [0.29, 0.717) is 17.5 Å². The summed E-state index contributed by atoms with van der Waals surface area (Å²) in [6, 6.07) is 31.9. The van der Waals surface area contributed by atoms with E-state index in [1.807, 2.05) is 88.4 Å². The molecule has 0 unspecified atom stereocenters. The fourth-order valence-corrected chi connectivity index (χ4v) is 10.8. The molecule has 0 fully saturated rings.